The van der Waals surface area contributed by atoms with Crippen LogP contribution in [0.1, 0.15) is 2.85 Å². The van der Waals surface area contributed by atoms with Crippen LogP contribution in [0.4, 0.5) is 0 Å². The van der Waals surface area contributed by atoms with Crippen LogP contribution >= 0.6 is 0 Å². The summed E-state index contributed by atoms with van der Waals surface area (Å²) >= 11 is 0. The molecular weight excluding hydrogens is 182 g/mol. The van der Waals surface area contributed by atoms with Crippen LogP contribution in [0.15, 0.2) is 0 Å². The average Bonchev–Trinajstić information content (AvgIpc) is 0. The molecule has 0 bridgehead atoms. The molecule has 0 atom stereocenters. The van der Waals surface area contributed by atoms with Crippen LogP contribution in [-0.2, 0) is 56.8 Å². The molecule has 0 saturated heterocycles. The zero-order valence-electron chi connectivity index (χ0n) is 3.97. The fourth-order valence-corrected chi connectivity index (χ4v) is 0. The van der Waals surface area contributed by atoms with E-state index >= 15 is 0 Å². The molecule has 0 aliphatic heterocycles. The van der Waals surface area contributed by atoms with E-state index in [0.29, 0.717) is 0 Å². The summed E-state index contributed by atoms with van der Waals surface area (Å²) in [6, 6.07) is 0. The zero-order valence-corrected chi connectivity index (χ0v) is 7.33. The van der Waals surface area contributed by atoms with Gasteiger partial charge in [-0.2, -0.15) is 0 Å². The summed E-state index contributed by atoms with van der Waals surface area (Å²) in [5, 5.41) is 0. The Kier molecular flexibility index (Phi) is 137. The Bertz CT molecular complexity index is 13.5. The molecular formula is H2MgNiTiV. The molecule has 0 aromatic rings. The first-order valence-corrected chi connectivity index (χ1v) is 0. The van der Waals surface area contributed by atoms with E-state index in [-0.39, 0.29) is 82.7 Å². The van der Waals surface area contributed by atoms with E-state index < -0.39 is 0 Å². The Morgan fingerprint density at radius 2 is 1.25 bits per heavy atom. The third-order valence-corrected chi connectivity index (χ3v) is 0. The molecule has 0 rings (SSSR count). The molecule has 0 nitrogen and oxygen atoms in total. The number of rotatable bonds is 0. The van der Waals surface area contributed by atoms with Gasteiger partial charge in [0.25, 0.3) is 0 Å². The van der Waals surface area contributed by atoms with Gasteiger partial charge in [0.2, 0.25) is 0 Å². The van der Waals surface area contributed by atoms with Crippen LogP contribution < -0.4 is 0 Å². The van der Waals surface area contributed by atoms with Gasteiger partial charge in [-0.25, -0.2) is 0 Å². The summed E-state index contributed by atoms with van der Waals surface area (Å²) < 4.78 is 0. The quantitative estimate of drug-likeness (QED) is 0.458. The minimum absolute atomic E-state index is 0. The molecule has 4 heavy (non-hydrogen) atoms. The molecule has 1 radical (unpaired) electrons. The molecule has 0 amide bonds. The maximum absolute atomic E-state index is 0. The van der Waals surface area contributed by atoms with Gasteiger partial charge in [0.1, 0.15) is 0 Å². The maximum atomic E-state index is 0. The van der Waals surface area contributed by atoms with Gasteiger partial charge in [-0.1, -0.05) is 0 Å². The summed E-state index contributed by atoms with van der Waals surface area (Å²) in [7, 11) is 0. The Hall–Kier alpha value is 2.56. The molecule has 0 heterocycles. The predicted molar refractivity (Wildman–Crippen MR) is 7.98 cm³/mol. The molecule has 0 N–H and O–H groups in total. The van der Waals surface area contributed by atoms with Crippen molar-refractivity contribution in [2.45, 2.75) is 0 Å². The molecule has 4 heteroatoms. The fourth-order valence-electron chi connectivity index (χ4n) is 0. The van der Waals surface area contributed by atoms with E-state index in [9.17, 15) is 0 Å². The second-order valence-corrected chi connectivity index (χ2v) is 0. The van der Waals surface area contributed by atoms with Gasteiger partial charge < -0.3 is 2.85 Å². The number of hydrogen-bond acceptors (Lipinski definition) is 0. The van der Waals surface area contributed by atoms with Crippen molar-refractivity contribution in [1.82, 2.24) is 0 Å². The van der Waals surface area contributed by atoms with Gasteiger partial charge in [0, 0.05) is 56.8 Å². The van der Waals surface area contributed by atoms with Gasteiger partial charge in [-0.15, -0.1) is 0 Å². The van der Waals surface area contributed by atoms with Gasteiger partial charge in [-0.05, 0) is 0 Å². The Balaban J connectivity index is 0. The first-order chi connectivity index (χ1) is 0. The molecule has 0 aromatic carbocycles. The first kappa shape index (κ1) is 31.0. The van der Waals surface area contributed by atoms with Gasteiger partial charge in [0.05, 0.1) is 0 Å². The van der Waals surface area contributed by atoms with Crippen LogP contribution in [-0.4, -0.2) is 23.1 Å². The van der Waals surface area contributed by atoms with E-state index in [0.717, 1.165) is 0 Å². The van der Waals surface area contributed by atoms with E-state index in [4.69, 9.17) is 0 Å². The van der Waals surface area contributed by atoms with Crippen molar-refractivity contribution in [3.8, 4) is 0 Å². The van der Waals surface area contributed by atoms with E-state index in [1.54, 1.807) is 0 Å². The monoisotopic (exact) mass is 183 g/mol. The van der Waals surface area contributed by atoms with Crippen molar-refractivity contribution in [2.24, 2.45) is 0 Å². The van der Waals surface area contributed by atoms with Gasteiger partial charge >= 0.3 is 23.1 Å². The molecule has 0 saturated carbocycles. The van der Waals surface area contributed by atoms with Crippen LogP contribution in [0.25, 0.3) is 0 Å². The smallest absolute Gasteiger partial charge is 1.00 e. The summed E-state index contributed by atoms with van der Waals surface area (Å²) in [5.74, 6) is 0. The van der Waals surface area contributed by atoms with Gasteiger partial charge in [0.15, 0.2) is 0 Å². The molecule has 0 unspecified atom stereocenters. The van der Waals surface area contributed by atoms with E-state index in [2.05, 4.69) is 0 Å². The SMILES string of the molecule is [H-].[H-].[Mg+2].[Ni].[Ti].[V]. The van der Waals surface area contributed by atoms with Crippen molar-refractivity contribution < 1.29 is 59.6 Å². The third-order valence-electron chi connectivity index (χ3n) is 0. The predicted octanol–water partition coefficient (Wildman–Crippen LogP) is -0.163. The normalized spacial score (nSPS) is 0. The summed E-state index contributed by atoms with van der Waals surface area (Å²) in [5.41, 5.74) is 0. The van der Waals surface area contributed by atoms with Crippen molar-refractivity contribution in [3.05, 3.63) is 0 Å². The summed E-state index contributed by atoms with van der Waals surface area (Å²) in [4.78, 5) is 0. The van der Waals surface area contributed by atoms with Crippen LogP contribution in [0, 0.1) is 0 Å². The van der Waals surface area contributed by atoms with Crippen molar-refractivity contribution in [1.29, 1.82) is 0 Å². The van der Waals surface area contributed by atoms with Crippen molar-refractivity contribution in [3.63, 3.8) is 0 Å². The molecule has 0 aliphatic carbocycles. The standard InChI is InChI=1S/Mg.Ni.Ti.V.2H/q+2;;;;2*-1. The Morgan fingerprint density at radius 3 is 1.25 bits per heavy atom. The topological polar surface area (TPSA) is 0 Å². The minimum Gasteiger partial charge on any atom is -1.00 e. The van der Waals surface area contributed by atoms with Crippen LogP contribution in [0.2, 0.25) is 0 Å². The largest absolute Gasteiger partial charge is 2.00 e. The van der Waals surface area contributed by atoms with Crippen LogP contribution in [0.5, 0.6) is 0 Å². The Morgan fingerprint density at radius 1 is 1.25 bits per heavy atom. The second-order valence-electron chi connectivity index (χ2n) is 0. The van der Waals surface area contributed by atoms with Crippen molar-refractivity contribution in [2.75, 3.05) is 0 Å². The fraction of sp³-hybridized carbons (Fsp3) is 0. The zero-order chi connectivity index (χ0) is 0. The third kappa shape index (κ3) is 8.82. The summed E-state index contributed by atoms with van der Waals surface area (Å²) in [6.45, 7) is 0. The maximum Gasteiger partial charge on any atom is 2.00 e. The number of hydrogen-bond donors (Lipinski definition) is 0. The molecule has 0 aliphatic rings. The minimum atomic E-state index is 0. The second kappa shape index (κ2) is 17.6. The van der Waals surface area contributed by atoms with Crippen LogP contribution in [0.3, 0.4) is 0 Å². The van der Waals surface area contributed by atoms with Gasteiger partial charge in [-0.3, -0.25) is 0 Å². The molecule has 0 aromatic heterocycles. The molecule has 0 fully saturated rings. The average molecular weight is 184 g/mol. The van der Waals surface area contributed by atoms with E-state index in [1.165, 1.54) is 0 Å². The Labute approximate surface area is 81.7 Å². The summed E-state index contributed by atoms with van der Waals surface area (Å²) in [6.07, 6.45) is 0. The van der Waals surface area contributed by atoms with E-state index in [1.807, 2.05) is 0 Å². The molecule has 23 valence electrons. The van der Waals surface area contributed by atoms with Crippen molar-refractivity contribution >= 4 is 23.1 Å². The first-order valence-electron chi connectivity index (χ1n) is 0. The molecule has 0 spiro atoms.